The smallest absolute Gasteiger partial charge is 0.224 e. The van der Waals surface area contributed by atoms with Gasteiger partial charge in [-0.1, -0.05) is 38.4 Å². The first kappa shape index (κ1) is 16.9. The fraction of sp³-hybridized carbons (Fsp3) is 0.533. The van der Waals surface area contributed by atoms with Crippen molar-refractivity contribution in [2.24, 2.45) is 5.41 Å². The Labute approximate surface area is 124 Å². The molecule has 2 N–H and O–H groups in total. The molecule has 3 nitrogen and oxygen atoms in total. The van der Waals surface area contributed by atoms with Crippen molar-refractivity contribution < 1.29 is 14.3 Å². The average Bonchev–Trinajstić information content (AvgIpc) is 2.31. The van der Waals surface area contributed by atoms with Crippen LogP contribution >= 0.6 is 11.6 Å². The van der Waals surface area contributed by atoms with Gasteiger partial charge in [-0.05, 0) is 24.0 Å². The second kappa shape index (κ2) is 7.04. The van der Waals surface area contributed by atoms with Crippen LogP contribution in [0.5, 0.6) is 0 Å². The first-order valence-corrected chi connectivity index (χ1v) is 6.94. The van der Waals surface area contributed by atoms with E-state index in [4.69, 9.17) is 11.6 Å². The van der Waals surface area contributed by atoms with Crippen molar-refractivity contribution in [2.75, 3.05) is 6.61 Å². The van der Waals surface area contributed by atoms with E-state index in [1.54, 1.807) is 6.07 Å². The molecule has 112 valence electrons. The van der Waals surface area contributed by atoms with Crippen LogP contribution in [0.1, 0.15) is 32.8 Å². The lowest BCUT2D eigenvalue weighted by Gasteiger charge is -2.25. The topological polar surface area (TPSA) is 49.3 Å². The lowest BCUT2D eigenvalue weighted by molar-refractivity contribution is -0.121. The Morgan fingerprint density at radius 1 is 1.45 bits per heavy atom. The third-order valence-electron chi connectivity index (χ3n) is 2.84. The van der Waals surface area contributed by atoms with Crippen LogP contribution < -0.4 is 5.32 Å². The van der Waals surface area contributed by atoms with Gasteiger partial charge in [-0.25, -0.2) is 4.39 Å². The Kier molecular flexibility index (Phi) is 5.96. The molecule has 1 atom stereocenters. The van der Waals surface area contributed by atoms with E-state index in [9.17, 15) is 14.3 Å². The molecule has 0 spiro atoms. The highest BCUT2D eigenvalue weighted by Crippen LogP contribution is 2.22. The lowest BCUT2D eigenvalue weighted by atomic mass is 9.88. The highest BCUT2D eigenvalue weighted by Gasteiger charge is 2.20. The molecule has 20 heavy (non-hydrogen) atoms. The van der Waals surface area contributed by atoms with Gasteiger partial charge < -0.3 is 10.4 Å². The third-order valence-corrected chi connectivity index (χ3v) is 3.20. The molecule has 0 aliphatic heterocycles. The van der Waals surface area contributed by atoms with Gasteiger partial charge >= 0.3 is 0 Å². The van der Waals surface area contributed by atoms with Gasteiger partial charge in [0.1, 0.15) is 5.82 Å². The van der Waals surface area contributed by atoms with Crippen LogP contribution in [0.25, 0.3) is 0 Å². The largest absolute Gasteiger partial charge is 0.394 e. The van der Waals surface area contributed by atoms with Crippen LogP contribution in [0, 0.1) is 11.2 Å². The van der Waals surface area contributed by atoms with Crippen LogP contribution in [-0.4, -0.2) is 23.7 Å². The fourth-order valence-electron chi connectivity index (χ4n) is 2.04. The molecule has 0 bridgehead atoms. The summed E-state index contributed by atoms with van der Waals surface area (Å²) in [6.07, 6.45) is 0.506. The summed E-state index contributed by atoms with van der Waals surface area (Å²) in [5.74, 6) is -0.843. The number of carbonyl (C=O) groups is 1. The number of rotatable bonds is 5. The number of aliphatic hydroxyl groups excluding tert-OH is 1. The minimum Gasteiger partial charge on any atom is -0.394 e. The van der Waals surface area contributed by atoms with E-state index in [1.807, 2.05) is 20.8 Å². The van der Waals surface area contributed by atoms with E-state index in [2.05, 4.69) is 5.32 Å². The minimum absolute atomic E-state index is 0.0175. The Morgan fingerprint density at radius 2 is 2.10 bits per heavy atom. The lowest BCUT2D eigenvalue weighted by Crippen LogP contribution is -2.40. The van der Waals surface area contributed by atoms with Crippen LogP contribution in [0.15, 0.2) is 18.2 Å². The summed E-state index contributed by atoms with van der Waals surface area (Å²) in [6, 6.07) is 3.97. The van der Waals surface area contributed by atoms with E-state index in [-0.39, 0.29) is 41.0 Å². The Bertz CT molecular complexity index is 451. The molecular formula is C15H21ClFNO2. The standard InChI is InChI=1S/C15H21ClFNO2/c1-15(2,3)8-10(9-19)18-14(20)7-11-12(16)5-4-6-13(11)17/h4-6,10,19H,7-9H2,1-3H3,(H,18,20). The first-order chi connectivity index (χ1) is 9.23. The fourth-order valence-corrected chi connectivity index (χ4v) is 2.27. The van der Waals surface area contributed by atoms with E-state index in [0.29, 0.717) is 6.42 Å². The second-order valence-electron chi connectivity index (χ2n) is 6.09. The van der Waals surface area contributed by atoms with E-state index >= 15 is 0 Å². The summed E-state index contributed by atoms with van der Waals surface area (Å²) >= 11 is 5.88. The van der Waals surface area contributed by atoms with Crippen LogP contribution in [0.3, 0.4) is 0 Å². The number of hydrogen-bond acceptors (Lipinski definition) is 2. The zero-order valence-electron chi connectivity index (χ0n) is 12.0. The monoisotopic (exact) mass is 301 g/mol. The molecule has 0 aromatic heterocycles. The molecule has 0 saturated heterocycles. The van der Waals surface area contributed by atoms with Crippen molar-refractivity contribution in [3.05, 3.63) is 34.6 Å². The quantitative estimate of drug-likeness (QED) is 0.878. The Balaban J connectivity index is 2.67. The molecule has 0 heterocycles. The highest BCUT2D eigenvalue weighted by atomic mass is 35.5. The maximum Gasteiger partial charge on any atom is 0.224 e. The van der Waals surface area contributed by atoms with E-state index in [0.717, 1.165) is 0 Å². The molecular weight excluding hydrogens is 281 g/mol. The number of amides is 1. The van der Waals surface area contributed by atoms with Gasteiger partial charge in [0, 0.05) is 10.6 Å². The summed E-state index contributed by atoms with van der Waals surface area (Å²) in [5.41, 5.74) is 0.162. The Hall–Kier alpha value is -1.13. The normalized spacial score (nSPS) is 13.1. The predicted molar refractivity (Wildman–Crippen MR) is 78.2 cm³/mol. The third kappa shape index (κ3) is 5.47. The summed E-state index contributed by atoms with van der Waals surface area (Å²) in [5, 5.41) is 12.2. The molecule has 0 fully saturated rings. The predicted octanol–water partition coefficient (Wildman–Crippen LogP) is 2.93. The highest BCUT2D eigenvalue weighted by molar-refractivity contribution is 6.31. The van der Waals surface area contributed by atoms with Gasteiger partial charge in [0.15, 0.2) is 0 Å². The number of carbonyl (C=O) groups excluding carboxylic acids is 1. The SMILES string of the molecule is CC(C)(C)CC(CO)NC(=O)Cc1c(F)cccc1Cl. The van der Waals surface area contributed by atoms with Crippen LogP contribution in [0.2, 0.25) is 5.02 Å². The van der Waals surface area contributed by atoms with Gasteiger partial charge in [0.25, 0.3) is 0 Å². The van der Waals surface area contributed by atoms with Gasteiger partial charge in [-0.3, -0.25) is 4.79 Å². The molecule has 5 heteroatoms. The van der Waals surface area contributed by atoms with Gasteiger partial charge in [0.05, 0.1) is 19.1 Å². The molecule has 0 aliphatic rings. The van der Waals surface area contributed by atoms with Gasteiger partial charge in [-0.15, -0.1) is 0 Å². The zero-order valence-corrected chi connectivity index (χ0v) is 12.8. The molecule has 1 aromatic carbocycles. The molecule has 1 unspecified atom stereocenters. The molecule has 0 radical (unpaired) electrons. The molecule has 1 aromatic rings. The summed E-state index contributed by atoms with van der Waals surface area (Å²) in [7, 11) is 0. The number of aliphatic hydroxyl groups is 1. The van der Waals surface area contributed by atoms with E-state index < -0.39 is 5.82 Å². The van der Waals surface area contributed by atoms with Crippen molar-refractivity contribution in [3.63, 3.8) is 0 Å². The van der Waals surface area contributed by atoms with E-state index in [1.165, 1.54) is 12.1 Å². The van der Waals surface area contributed by atoms with Crippen LogP contribution in [0.4, 0.5) is 4.39 Å². The number of hydrogen-bond donors (Lipinski definition) is 2. The summed E-state index contributed by atoms with van der Waals surface area (Å²) < 4.78 is 13.6. The van der Waals surface area contributed by atoms with Crippen molar-refractivity contribution >= 4 is 17.5 Å². The first-order valence-electron chi connectivity index (χ1n) is 6.56. The number of benzene rings is 1. The van der Waals surface area contributed by atoms with Crippen molar-refractivity contribution in [1.82, 2.24) is 5.32 Å². The minimum atomic E-state index is -0.496. The van der Waals surface area contributed by atoms with Crippen molar-refractivity contribution in [3.8, 4) is 0 Å². The molecule has 0 aliphatic carbocycles. The van der Waals surface area contributed by atoms with Crippen LogP contribution in [-0.2, 0) is 11.2 Å². The summed E-state index contributed by atoms with van der Waals surface area (Å²) in [6.45, 7) is 5.93. The maximum absolute atomic E-state index is 13.6. The van der Waals surface area contributed by atoms with Gasteiger partial charge in [-0.2, -0.15) is 0 Å². The number of nitrogens with one attached hydrogen (secondary N) is 1. The van der Waals surface area contributed by atoms with Crippen molar-refractivity contribution in [1.29, 1.82) is 0 Å². The average molecular weight is 302 g/mol. The molecule has 1 amide bonds. The number of halogens is 2. The molecule has 0 saturated carbocycles. The molecule has 1 rings (SSSR count). The maximum atomic E-state index is 13.6. The van der Waals surface area contributed by atoms with Gasteiger partial charge in [0.2, 0.25) is 5.91 Å². The second-order valence-corrected chi connectivity index (χ2v) is 6.50. The summed E-state index contributed by atoms with van der Waals surface area (Å²) in [4.78, 5) is 11.9. The van der Waals surface area contributed by atoms with Crippen molar-refractivity contribution in [2.45, 2.75) is 39.7 Å². The Morgan fingerprint density at radius 3 is 2.60 bits per heavy atom. The zero-order chi connectivity index (χ0) is 15.3.